The number of hydrogen-bond donors (Lipinski definition) is 2. The summed E-state index contributed by atoms with van der Waals surface area (Å²) in [6.45, 7) is 7.26. The summed E-state index contributed by atoms with van der Waals surface area (Å²) in [7, 11) is 0. The third-order valence-electron chi connectivity index (χ3n) is 3.34. The molecule has 0 unspecified atom stereocenters. The lowest BCUT2D eigenvalue weighted by Gasteiger charge is -2.11. The fraction of sp³-hybridized carbons (Fsp3) is 0.294. The first-order valence-corrected chi connectivity index (χ1v) is 6.75. The fourth-order valence-corrected chi connectivity index (χ4v) is 2.06. The maximum Gasteiger partial charge on any atom is 0.0576 e. The van der Waals surface area contributed by atoms with Gasteiger partial charge in [-0.25, -0.2) is 0 Å². The fourth-order valence-electron chi connectivity index (χ4n) is 2.06. The molecule has 100 valence electrons. The van der Waals surface area contributed by atoms with Gasteiger partial charge in [0, 0.05) is 6.54 Å². The van der Waals surface area contributed by atoms with Crippen LogP contribution in [-0.4, -0.2) is 0 Å². The van der Waals surface area contributed by atoms with Crippen LogP contribution in [0.1, 0.15) is 36.5 Å². The zero-order chi connectivity index (χ0) is 13.8. The molecule has 2 aromatic rings. The van der Waals surface area contributed by atoms with E-state index < -0.39 is 0 Å². The predicted molar refractivity (Wildman–Crippen MR) is 83.4 cm³/mol. The van der Waals surface area contributed by atoms with Gasteiger partial charge in [-0.05, 0) is 41.7 Å². The normalized spacial score (nSPS) is 10.7. The summed E-state index contributed by atoms with van der Waals surface area (Å²) >= 11 is 0. The Hall–Kier alpha value is -1.96. The van der Waals surface area contributed by atoms with Crippen molar-refractivity contribution in [3.8, 4) is 0 Å². The topological polar surface area (TPSA) is 38.0 Å². The van der Waals surface area contributed by atoms with E-state index in [2.05, 4.69) is 49.5 Å². The lowest BCUT2D eigenvalue weighted by molar-refractivity contribution is 0.865. The molecule has 2 heteroatoms. The van der Waals surface area contributed by atoms with E-state index in [1.807, 2.05) is 19.1 Å². The van der Waals surface area contributed by atoms with E-state index in [4.69, 9.17) is 5.73 Å². The minimum Gasteiger partial charge on any atom is -0.397 e. The monoisotopic (exact) mass is 254 g/mol. The number of nitrogens with one attached hydrogen (secondary N) is 1. The van der Waals surface area contributed by atoms with Gasteiger partial charge >= 0.3 is 0 Å². The predicted octanol–water partition coefficient (Wildman–Crippen LogP) is 4.31. The largest absolute Gasteiger partial charge is 0.397 e. The van der Waals surface area contributed by atoms with Crippen molar-refractivity contribution in [3.63, 3.8) is 0 Å². The highest BCUT2D eigenvalue weighted by molar-refractivity contribution is 5.66. The Labute approximate surface area is 115 Å². The third-order valence-corrected chi connectivity index (χ3v) is 3.34. The van der Waals surface area contributed by atoms with Gasteiger partial charge < -0.3 is 11.1 Å². The van der Waals surface area contributed by atoms with E-state index in [0.717, 1.165) is 17.9 Å². The molecule has 3 N–H and O–H groups in total. The Morgan fingerprint density at radius 3 is 2.32 bits per heavy atom. The van der Waals surface area contributed by atoms with E-state index in [-0.39, 0.29) is 0 Å². The van der Waals surface area contributed by atoms with E-state index in [9.17, 15) is 0 Å². The molecule has 0 aliphatic heterocycles. The number of benzene rings is 2. The van der Waals surface area contributed by atoms with Gasteiger partial charge in [-0.15, -0.1) is 0 Å². The number of nitrogen functional groups attached to an aromatic ring is 1. The van der Waals surface area contributed by atoms with Gasteiger partial charge in [0.15, 0.2) is 0 Å². The molecule has 0 aliphatic carbocycles. The van der Waals surface area contributed by atoms with Crippen LogP contribution in [-0.2, 0) is 6.54 Å². The molecule has 0 atom stereocenters. The Kier molecular flexibility index (Phi) is 4.10. The molecule has 2 rings (SSSR count). The lowest BCUT2D eigenvalue weighted by atomic mass is 10.0. The first-order valence-electron chi connectivity index (χ1n) is 6.75. The summed E-state index contributed by atoms with van der Waals surface area (Å²) < 4.78 is 0. The van der Waals surface area contributed by atoms with Gasteiger partial charge in [-0.2, -0.15) is 0 Å². The molecule has 0 saturated heterocycles. The molecule has 0 aromatic heterocycles. The van der Waals surface area contributed by atoms with Gasteiger partial charge in [0.05, 0.1) is 11.4 Å². The Morgan fingerprint density at radius 2 is 1.74 bits per heavy atom. The second-order valence-corrected chi connectivity index (χ2v) is 5.34. The van der Waals surface area contributed by atoms with Crippen molar-refractivity contribution in [1.82, 2.24) is 0 Å². The maximum atomic E-state index is 5.99. The highest BCUT2D eigenvalue weighted by atomic mass is 14.9. The SMILES string of the molecule is Cc1ccc(NCc2ccc(C(C)C)cc2)c(N)c1. The van der Waals surface area contributed by atoms with Crippen LogP contribution < -0.4 is 11.1 Å². The van der Waals surface area contributed by atoms with Crippen molar-refractivity contribution in [2.45, 2.75) is 33.2 Å². The van der Waals surface area contributed by atoms with Crippen LogP contribution in [0.15, 0.2) is 42.5 Å². The maximum absolute atomic E-state index is 5.99. The molecular formula is C17H22N2. The smallest absolute Gasteiger partial charge is 0.0576 e. The van der Waals surface area contributed by atoms with Crippen molar-refractivity contribution in [1.29, 1.82) is 0 Å². The van der Waals surface area contributed by atoms with E-state index in [1.54, 1.807) is 0 Å². The van der Waals surface area contributed by atoms with Crippen molar-refractivity contribution in [2.24, 2.45) is 0 Å². The second kappa shape index (κ2) is 5.79. The summed E-state index contributed by atoms with van der Waals surface area (Å²) in [4.78, 5) is 0. The Balaban J connectivity index is 2.02. The van der Waals surface area contributed by atoms with E-state index in [0.29, 0.717) is 5.92 Å². The van der Waals surface area contributed by atoms with Gasteiger partial charge in [0.1, 0.15) is 0 Å². The first kappa shape index (κ1) is 13.5. The molecule has 0 amide bonds. The summed E-state index contributed by atoms with van der Waals surface area (Å²) in [5, 5.41) is 3.38. The van der Waals surface area contributed by atoms with Crippen molar-refractivity contribution in [3.05, 3.63) is 59.2 Å². The standard InChI is InChI=1S/C17H22N2/c1-12(2)15-7-5-14(6-8-15)11-19-17-9-4-13(3)10-16(17)18/h4-10,12,19H,11,18H2,1-3H3. The molecule has 2 aromatic carbocycles. The van der Waals surface area contributed by atoms with E-state index >= 15 is 0 Å². The molecule has 0 spiro atoms. The van der Waals surface area contributed by atoms with Crippen LogP contribution in [0, 0.1) is 6.92 Å². The zero-order valence-electron chi connectivity index (χ0n) is 11.9. The van der Waals surface area contributed by atoms with Crippen molar-refractivity contribution < 1.29 is 0 Å². The quantitative estimate of drug-likeness (QED) is 0.798. The van der Waals surface area contributed by atoms with Crippen molar-refractivity contribution in [2.75, 3.05) is 11.1 Å². The molecule has 0 bridgehead atoms. The summed E-state index contributed by atoms with van der Waals surface area (Å²) in [5.74, 6) is 0.578. The number of aryl methyl sites for hydroxylation is 1. The molecule has 2 nitrogen and oxygen atoms in total. The highest BCUT2D eigenvalue weighted by Gasteiger charge is 2.01. The number of rotatable bonds is 4. The minimum atomic E-state index is 0.578. The first-order chi connectivity index (χ1) is 9.06. The van der Waals surface area contributed by atoms with Crippen LogP contribution >= 0.6 is 0 Å². The molecule has 0 heterocycles. The Morgan fingerprint density at radius 1 is 1.05 bits per heavy atom. The van der Waals surface area contributed by atoms with Crippen LogP contribution in [0.5, 0.6) is 0 Å². The third kappa shape index (κ3) is 3.50. The number of anilines is 2. The lowest BCUT2D eigenvalue weighted by Crippen LogP contribution is -2.02. The van der Waals surface area contributed by atoms with E-state index in [1.165, 1.54) is 16.7 Å². The summed E-state index contributed by atoms with van der Waals surface area (Å²) in [5.41, 5.74) is 11.6. The molecule has 0 saturated carbocycles. The molecule has 0 aliphatic rings. The van der Waals surface area contributed by atoms with Gasteiger partial charge in [-0.1, -0.05) is 44.2 Å². The summed E-state index contributed by atoms with van der Waals surface area (Å²) in [6, 6.07) is 14.8. The molecule has 0 fully saturated rings. The Bertz CT molecular complexity index is 542. The van der Waals surface area contributed by atoms with Gasteiger partial charge in [0.25, 0.3) is 0 Å². The molecular weight excluding hydrogens is 232 g/mol. The van der Waals surface area contributed by atoms with Crippen LogP contribution in [0.25, 0.3) is 0 Å². The molecule has 0 radical (unpaired) electrons. The van der Waals surface area contributed by atoms with Crippen molar-refractivity contribution >= 4 is 11.4 Å². The van der Waals surface area contributed by atoms with Crippen LogP contribution in [0.2, 0.25) is 0 Å². The number of nitrogens with two attached hydrogens (primary N) is 1. The van der Waals surface area contributed by atoms with Crippen LogP contribution in [0.4, 0.5) is 11.4 Å². The summed E-state index contributed by atoms with van der Waals surface area (Å²) in [6.07, 6.45) is 0. The van der Waals surface area contributed by atoms with Gasteiger partial charge in [0.2, 0.25) is 0 Å². The van der Waals surface area contributed by atoms with Gasteiger partial charge in [-0.3, -0.25) is 0 Å². The number of hydrogen-bond acceptors (Lipinski definition) is 2. The molecule has 19 heavy (non-hydrogen) atoms. The average molecular weight is 254 g/mol. The highest BCUT2D eigenvalue weighted by Crippen LogP contribution is 2.21. The zero-order valence-corrected chi connectivity index (χ0v) is 11.9. The second-order valence-electron chi connectivity index (χ2n) is 5.34. The van der Waals surface area contributed by atoms with Crippen LogP contribution in [0.3, 0.4) is 0 Å². The minimum absolute atomic E-state index is 0.578. The average Bonchev–Trinajstić information content (AvgIpc) is 2.38.